The maximum Gasteiger partial charge on any atom is 0.326 e. The predicted molar refractivity (Wildman–Crippen MR) is 78.4 cm³/mol. The Morgan fingerprint density at radius 2 is 1.86 bits per heavy atom. The maximum atomic E-state index is 12.8. The van der Waals surface area contributed by atoms with Crippen LogP contribution in [0.15, 0.2) is 24.3 Å². The molecule has 1 aromatic rings. The highest BCUT2D eigenvalue weighted by Crippen LogP contribution is 2.45. The molecule has 1 aliphatic carbocycles. The molecule has 1 N–H and O–H groups in total. The molecule has 0 spiro atoms. The third kappa shape index (κ3) is 2.60. The van der Waals surface area contributed by atoms with Crippen molar-refractivity contribution in [3.63, 3.8) is 0 Å². The number of nitrogens with zero attached hydrogens (tertiary/aromatic N) is 1. The Labute approximate surface area is 124 Å². The number of carbonyl (C=O) groups excluding carboxylic acids is 1. The lowest BCUT2D eigenvalue weighted by Crippen LogP contribution is -2.53. The second-order valence-electron chi connectivity index (χ2n) is 5.59. The number of amides is 1. The molecule has 1 atom stereocenters. The smallest absolute Gasteiger partial charge is 0.326 e. The molecule has 1 unspecified atom stereocenters. The van der Waals surface area contributed by atoms with Crippen LogP contribution in [0.25, 0.3) is 0 Å². The average molecular weight is 291 g/mol. The monoisotopic (exact) mass is 291 g/mol. The minimum atomic E-state index is -0.991. The van der Waals surface area contributed by atoms with Crippen molar-refractivity contribution < 1.29 is 19.4 Å². The molecule has 1 fully saturated rings. The highest BCUT2D eigenvalue weighted by atomic mass is 16.5. The third-order valence-corrected chi connectivity index (χ3v) is 4.52. The van der Waals surface area contributed by atoms with Crippen molar-refractivity contribution in [3.05, 3.63) is 29.8 Å². The minimum Gasteiger partial charge on any atom is -0.497 e. The van der Waals surface area contributed by atoms with E-state index in [2.05, 4.69) is 0 Å². The molecule has 21 heavy (non-hydrogen) atoms. The van der Waals surface area contributed by atoms with Crippen molar-refractivity contribution in [2.75, 3.05) is 14.2 Å². The van der Waals surface area contributed by atoms with E-state index < -0.39 is 17.4 Å². The van der Waals surface area contributed by atoms with Gasteiger partial charge in [0.15, 0.2) is 0 Å². The normalized spacial score (nSPS) is 17.5. The minimum absolute atomic E-state index is 0.117. The molecule has 1 aromatic carbocycles. The highest BCUT2D eigenvalue weighted by Gasteiger charge is 2.48. The van der Waals surface area contributed by atoms with Gasteiger partial charge in [0.2, 0.25) is 5.91 Å². The Balaban J connectivity index is 2.28. The first-order valence-electron chi connectivity index (χ1n) is 7.07. The van der Waals surface area contributed by atoms with Crippen molar-refractivity contribution in [2.45, 2.75) is 37.6 Å². The number of benzene rings is 1. The third-order valence-electron chi connectivity index (χ3n) is 4.52. The summed E-state index contributed by atoms with van der Waals surface area (Å²) in [5.41, 5.74) is 0.356. The van der Waals surface area contributed by atoms with Gasteiger partial charge in [-0.15, -0.1) is 0 Å². The van der Waals surface area contributed by atoms with E-state index in [0.717, 1.165) is 30.6 Å². The van der Waals surface area contributed by atoms with Crippen LogP contribution < -0.4 is 4.74 Å². The predicted octanol–water partition coefficient (Wildman–Crippen LogP) is 2.05. The quantitative estimate of drug-likeness (QED) is 0.901. The maximum absolute atomic E-state index is 12.8. The number of carbonyl (C=O) groups is 2. The van der Waals surface area contributed by atoms with Gasteiger partial charge >= 0.3 is 5.97 Å². The van der Waals surface area contributed by atoms with Gasteiger partial charge in [0.05, 0.1) is 12.5 Å². The van der Waals surface area contributed by atoms with E-state index in [-0.39, 0.29) is 5.91 Å². The van der Waals surface area contributed by atoms with Gasteiger partial charge < -0.3 is 14.7 Å². The molecule has 0 aliphatic heterocycles. The van der Waals surface area contributed by atoms with Crippen LogP contribution in [0.4, 0.5) is 0 Å². The molecular weight excluding hydrogens is 270 g/mol. The van der Waals surface area contributed by atoms with Gasteiger partial charge in [0.25, 0.3) is 0 Å². The summed E-state index contributed by atoms with van der Waals surface area (Å²) in [5, 5.41) is 9.09. The van der Waals surface area contributed by atoms with Gasteiger partial charge in [-0.1, -0.05) is 18.6 Å². The van der Waals surface area contributed by atoms with E-state index in [1.54, 1.807) is 14.2 Å². The van der Waals surface area contributed by atoms with Gasteiger partial charge in [-0.3, -0.25) is 4.79 Å². The van der Waals surface area contributed by atoms with Gasteiger partial charge in [0, 0.05) is 7.05 Å². The molecule has 1 saturated carbocycles. The SMILES string of the molecule is COc1ccc(C2(C(=O)N(C)C(C)C(=O)O)CCC2)cc1. The molecule has 0 radical (unpaired) electrons. The van der Waals surface area contributed by atoms with Gasteiger partial charge in [0.1, 0.15) is 11.8 Å². The van der Waals surface area contributed by atoms with Gasteiger partial charge in [-0.05, 0) is 37.5 Å². The molecule has 1 amide bonds. The van der Waals surface area contributed by atoms with Crippen LogP contribution in [-0.4, -0.2) is 42.1 Å². The second-order valence-corrected chi connectivity index (χ2v) is 5.59. The summed E-state index contributed by atoms with van der Waals surface area (Å²) < 4.78 is 5.14. The van der Waals surface area contributed by atoms with Crippen molar-refractivity contribution in [1.29, 1.82) is 0 Å². The van der Waals surface area contributed by atoms with Crippen molar-refractivity contribution in [2.24, 2.45) is 0 Å². The molecule has 114 valence electrons. The second kappa shape index (κ2) is 5.76. The Kier molecular flexibility index (Phi) is 4.21. The number of rotatable bonds is 5. The fourth-order valence-electron chi connectivity index (χ4n) is 2.75. The summed E-state index contributed by atoms with van der Waals surface area (Å²) in [6.45, 7) is 1.53. The van der Waals surface area contributed by atoms with Crippen molar-refractivity contribution >= 4 is 11.9 Å². The molecule has 1 aliphatic rings. The van der Waals surface area contributed by atoms with Crippen LogP contribution in [-0.2, 0) is 15.0 Å². The topological polar surface area (TPSA) is 66.8 Å². The van der Waals surface area contributed by atoms with E-state index in [1.807, 2.05) is 24.3 Å². The fraction of sp³-hybridized carbons (Fsp3) is 0.500. The van der Waals surface area contributed by atoms with Crippen LogP contribution in [0.2, 0.25) is 0 Å². The first kappa shape index (κ1) is 15.4. The number of hydrogen-bond donors (Lipinski definition) is 1. The highest BCUT2D eigenvalue weighted by molar-refractivity contribution is 5.92. The molecule has 5 nitrogen and oxygen atoms in total. The van der Waals surface area contributed by atoms with Crippen molar-refractivity contribution in [1.82, 2.24) is 4.90 Å². The van der Waals surface area contributed by atoms with Crippen LogP contribution >= 0.6 is 0 Å². The largest absolute Gasteiger partial charge is 0.497 e. The van der Waals surface area contributed by atoms with Gasteiger partial charge in [-0.2, -0.15) is 0 Å². The van der Waals surface area contributed by atoms with Gasteiger partial charge in [-0.25, -0.2) is 4.79 Å². The van der Waals surface area contributed by atoms with E-state index in [0.29, 0.717) is 0 Å². The van der Waals surface area contributed by atoms with Crippen LogP contribution in [0.3, 0.4) is 0 Å². The first-order valence-corrected chi connectivity index (χ1v) is 7.07. The number of carboxylic acid groups (broad SMARTS) is 1. The lowest BCUT2D eigenvalue weighted by molar-refractivity contribution is -0.152. The molecule has 0 bridgehead atoms. The van der Waals surface area contributed by atoms with E-state index in [4.69, 9.17) is 9.84 Å². The summed E-state index contributed by atoms with van der Waals surface area (Å²) in [4.78, 5) is 25.2. The number of carboxylic acids is 1. The summed E-state index contributed by atoms with van der Waals surface area (Å²) >= 11 is 0. The number of aliphatic carboxylic acids is 1. The summed E-state index contributed by atoms with van der Waals surface area (Å²) in [5.74, 6) is -0.364. The van der Waals surface area contributed by atoms with Crippen molar-refractivity contribution in [3.8, 4) is 5.75 Å². The number of methoxy groups -OCH3 is 1. The zero-order valence-corrected chi connectivity index (χ0v) is 12.6. The van der Waals surface area contributed by atoms with E-state index in [9.17, 15) is 9.59 Å². The molecule has 0 saturated heterocycles. The summed E-state index contributed by atoms with van der Waals surface area (Å²) in [6, 6.07) is 6.64. The number of ether oxygens (including phenoxy) is 1. The average Bonchev–Trinajstić information content (AvgIpc) is 2.45. The standard InChI is InChI=1S/C16H21NO4/c1-11(14(18)19)17(2)15(20)16(9-4-10-16)12-5-7-13(21-3)8-6-12/h5-8,11H,4,9-10H2,1-3H3,(H,18,19). The van der Waals surface area contributed by atoms with Crippen LogP contribution in [0.1, 0.15) is 31.7 Å². The Morgan fingerprint density at radius 1 is 1.29 bits per heavy atom. The summed E-state index contributed by atoms with van der Waals surface area (Å²) in [7, 11) is 3.16. The lowest BCUT2D eigenvalue weighted by Gasteiger charge is -2.44. The van der Waals surface area contributed by atoms with Crippen LogP contribution in [0, 0.1) is 0 Å². The Hall–Kier alpha value is -2.04. The summed E-state index contributed by atoms with van der Waals surface area (Å²) in [6.07, 6.45) is 2.50. The molecule has 0 aromatic heterocycles. The zero-order valence-electron chi connectivity index (χ0n) is 12.6. The number of likely N-dealkylation sites (N-methyl/N-ethyl adjacent to an activating group) is 1. The zero-order chi connectivity index (χ0) is 15.6. The molecule has 2 rings (SSSR count). The van der Waals surface area contributed by atoms with E-state index in [1.165, 1.54) is 11.8 Å². The number of hydrogen-bond acceptors (Lipinski definition) is 3. The molecule has 0 heterocycles. The Bertz CT molecular complexity index is 534. The molecule has 5 heteroatoms. The molecular formula is C16H21NO4. The van der Waals surface area contributed by atoms with Crippen LogP contribution in [0.5, 0.6) is 5.75 Å². The fourth-order valence-corrected chi connectivity index (χ4v) is 2.75. The van der Waals surface area contributed by atoms with E-state index >= 15 is 0 Å². The first-order chi connectivity index (χ1) is 9.92. The Morgan fingerprint density at radius 3 is 2.24 bits per heavy atom. The lowest BCUT2D eigenvalue weighted by atomic mass is 9.63.